The first kappa shape index (κ1) is 19.0. The summed E-state index contributed by atoms with van der Waals surface area (Å²) in [6.45, 7) is -0.148. The molecule has 6 heteroatoms. The van der Waals surface area contributed by atoms with Crippen LogP contribution in [-0.4, -0.2) is 18.7 Å². The van der Waals surface area contributed by atoms with Crippen molar-refractivity contribution in [3.05, 3.63) is 88.4 Å². The van der Waals surface area contributed by atoms with Gasteiger partial charge >= 0.3 is 0 Å². The van der Waals surface area contributed by atoms with E-state index in [1.165, 1.54) is 6.21 Å². The van der Waals surface area contributed by atoms with Crippen molar-refractivity contribution in [3.63, 3.8) is 0 Å². The molecule has 0 spiro atoms. The van der Waals surface area contributed by atoms with Gasteiger partial charge in [-0.25, -0.2) is 5.43 Å². The van der Waals surface area contributed by atoms with E-state index in [1.807, 2.05) is 54.6 Å². The zero-order valence-corrected chi connectivity index (χ0v) is 15.7. The fraction of sp³-hybridized carbons (Fsp3) is 0.0476. The predicted molar refractivity (Wildman–Crippen MR) is 110 cm³/mol. The first-order chi connectivity index (χ1) is 13.1. The zero-order valence-electron chi connectivity index (χ0n) is 14.2. The Balaban J connectivity index is 1.50. The molecule has 3 aromatic carbocycles. The molecule has 27 heavy (non-hydrogen) atoms. The molecule has 0 aliphatic heterocycles. The molecule has 0 fully saturated rings. The highest BCUT2D eigenvalue weighted by Crippen LogP contribution is 2.24. The van der Waals surface area contributed by atoms with Crippen LogP contribution < -0.4 is 10.2 Å². The van der Waals surface area contributed by atoms with Crippen LogP contribution in [0.5, 0.6) is 5.75 Å². The van der Waals surface area contributed by atoms with Crippen molar-refractivity contribution in [1.82, 2.24) is 5.43 Å². The minimum atomic E-state index is -0.378. The third-order valence-corrected chi connectivity index (χ3v) is 4.54. The van der Waals surface area contributed by atoms with E-state index in [9.17, 15) is 4.79 Å². The highest BCUT2D eigenvalue weighted by atomic mass is 35.5. The van der Waals surface area contributed by atoms with Gasteiger partial charge in [-0.3, -0.25) is 4.79 Å². The Hall–Kier alpha value is -2.82. The summed E-state index contributed by atoms with van der Waals surface area (Å²) in [5.41, 5.74) is 5.20. The smallest absolute Gasteiger partial charge is 0.277 e. The van der Waals surface area contributed by atoms with Crippen molar-refractivity contribution in [2.45, 2.75) is 0 Å². The van der Waals surface area contributed by atoms with Crippen molar-refractivity contribution < 1.29 is 9.53 Å². The maximum absolute atomic E-state index is 11.8. The van der Waals surface area contributed by atoms with Crippen LogP contribution in [0, 0.1) is 0 Å². The fourth-order valence-electron chi connectivity index (χ4n) is 2.35. The highest BCUT2D eigenvalue weighted by Gasteiger charge is 2.04. The minimum absolute atomic E-state index is 0.148. The Morgan fingerprint density at radius 1 is 0.926 bits per heavy atom. The van der Waals surface area contributed by atoms with E-state index in [-0.39, 0.29) is 12.5 Å². The molecular formula is C21H16Cl2N2O2. The van der Waals surface area contributed by atoms with E-state index in [2.05, 4.69) is 10.5 Å². The molecule has 136 valence electrons. The topological polar surface area (TPSA) is 50.7 Å². The fourth-order valence-corrected chi connectivity index (χ4v) is 2.71. The third kappa shape index (κ3) is 5.33. The SMILES string of the molecule is O=C(COc1ccc(-c2ccccc2)cc1)N/N=C/c1cccc(Cl)c1Cl. The van der Waals surface area contributed by atoms with Crippen LogP contribution in [0.25, 0.3) is 11.1 Å². The first-order valence-corrected chi connectivity index (χ1v) is 8.93. The molecule has 0 heterocycles. The quantitative estimate of drug-likeness (QED) is 0.458. The van der Waals surface area contributed by atoms with Crippen molar-refractivity contribution >= 4 is 35.3 Å². The van der Waals surface area contributed by atoms with E-state index < -0.39 is 0 Å². The number of benzene rings is 3. The summed E-state index contributed by atoms with van der Waals surface area (Å²) in [6.07, 6.45) is 1.43. The molecule has 1 N–H and O–H groups in total. The van der Waals surface area contributed by atoms with Crippen LogP contribution in [0.1, 0.15) is 5.56 Å². The number of hydrogen-bond acceptors (Lipinski definition) is 3. The number of ether oxygens (including phenoxy) is 1. The van der Waals surface area contributed by atoms with Crippen LogP contribution in [0.15, 0.2) is 77.9 Å². The molecule has 0 saturated heterocycles. The van der Waals surface area contributed by atoms with Crippen molar-refractivity contribution in [3.8, 4) is 16.9 Å². The summed E-state index contributed by atoms with van der Waals surface area (Å²) < 4.78 is 5.47. The van der Waals surface area contributed by atoms with Gasteiger partial charge in [0.05, 0.1) is 16.3 Å². The van der Waals surface area contributed by atoms with Gasteiger partial charge in [-0.1, -0.05) is 77.8 Å². The normalized spacial score (nSPS) is 10.7. The van der Waals surface area contributed by atoms with E-state index in [1.54, 1.807) is 18.2 Å². The van der Waals surface area contributed by atoms with Gasteiger partial charge in [0.1, 0.15) is 5.75 Å². The number of carbonyl (C=O) groups excluding carboxylic acids is 1. The standard InChI is InChI=1S/C21H16Cl2N2O2/c22-19-8-4-7-17(21(19)23)13-24-25-20(26)14-27-18-11-9-16(10-12-18)15-5-2-1-3-6-15/h1-13H,14H2,(H,25,26)/b24-13+. The van der Waals surface area contributed by atoms with Gasteiger partial charge in [-0.05, 0) is 29.3 Å². The summed E-state index contributed by atoms with van der Waals surface area (Å²) in [5, 5.41) is 4.67. The van der Waals surface area contributed by atoms with Gasteiger partial charge in [0.25, 0.3) is 5.91 Å². The first-order valence-electron chi connectivity index (χ1n) is 8.17. The Bertz CT molecular complexity index is 942. The number of rotatable bonds is 6. The summed E-state index contributed by atoms with van der Waals surface area (Å²) in [5.74, 6) is 0.225. The molecular weight excluding hydrogens is 383 g/mol. The average molecular weight is 399 g/mol. The number of halogens is 2. The molecule has 0 aromatic heterocycles. The van der Waals surface area contributed by atoms with Gasteiger partial charge in [0.2, 0.25) is 0 Å². The lowest BCUT2D eigenvalue weighted by Crippen LogP contribution is -2.24. The maximum atomic E-state index is 11.8. The molecule has 0 saturated carbocycles. The Labute approximate surface area is 167 Å². The van der Waals surface area contributed by atoms with Crippen LogP contribution >= 0.6 is 23.2 Å². The molecule has 0 atom stereocenters. The molecule has 3 aromatic rings. The van der Waals surface area contributed by atoms with Gasteiger partial charge in [-0.15, -0.1) is 0 Å². The summed E-state index contributed by atoms with van der Waals surface area (Å²) in [6, 6.07) is 22.7. The van der Waals surface area contributed by atoms with Crippen molar-refractivity contribution in [2.24, 2.45) is 5.10 Å². The van der Waals surface area contributed by atoms with Crippen LogP contribution in [0.3, 0.4) is 0 Å². The lowest BCUT2D eigenvalue weighted by molar-refractivity contribution is -0.123. The number of hydrogen-bond donors (Lipinski definition) is 1. The number of hydrazone groups is 1. The Kier molecular flexibility index (Phi) is 6.47. The lowest BCUT2D eigenvalue weighted by atomic mass is 10.1. The van der Waals surface area contributed by atoms with Gasteiger partial charge in [-0.2, -0.15) is 5.10 Å². The predicted octanol–water partition coefficient (Wildman–Crippen LogP) is 5.19. The molecule has 3 rings (SSSR count). The van der Waals surface area contributed by atoms with Crippen LogP contribution in [-0.2, 0) is 4.79 Å². The average Bonchev–Trinajstić information content (AvgIpc) is 2.71. The molecule has 0 bridgehead atoms. The second-order valence-electron chi connectivity index (χ2n) is 5.62. The second-order valence-corrected chi connectivity index (χ2v) is 6.40. The zero-order chi connectivity index (χ0) is 19.1. The van der Waals surface area contributed by atoms with Gasteiger partial charge in [0.15, 0.2) is 6.61 Å². The molecule has 0 unspecified atom stereocenters. The van der Waals surface area contributed by atoms with Crippen LogP contribution in [0.2, 0.25) is 10.0 Å². The third-order valence-electron chi connectivity index (χ3n) is 3.71. The molecule has 0 aliphatic carbocycles. The molecule has 0 aliphatic rings. The van der Waals surface area contributed by atoms with E-state index >= 15 is 0 Å². The Morgan fingerprint density at radius 3 is 2.37 bits per heavy atom. The largest absolute Gasteiger partial charge is 0.484 e. The summed E-state index contributed by atoms with van der Waals surface area (Å²) >= 11 is 12.0. The lowest BCUT2D eigenvalue weighted by Gasteiger charge is -2.07. The van der Waals surface area contributed by atoms with Gasteiger partial charge < -0.3 is 4.74 Å². The summed E-state index contributed by atoms with van der Waals surface area (Å²) in [4.78, 5) is 11.8. The number of nitrogens with one attached hydrogen (secondary N) is 1. The number of carbonyl (C=O) groups is 1. The van der Waals surface area contributed by atoms with E-state index in [0.717, 1.165) is 11.1 Å². The molecule has 4 nitrogen and oxygen atoms in total. The molecule has 0 radical (unpaired) electrons. The number of nitrogens with zero attached hydrogens (tertiary/aromatic N) is 1. The summed E-state index contributed by atoms with van der Waals surface area (Å²) in [7, 11) is 0. The van der Waals surface area contributed by atoms with Crippen LogP contribution in [0.4, 0.5) is 0 Å². The molecule has 1 amide bonds. The minimum Gasteiger partial charge on any atom is -0.484 e. The van der Waals surface area contributed by atoms with Gasteiger partial charge in [0, 0.05) is 5.56 Å². The van der Waals surface area contributed by atoms with Crippen molar-refractivity contribution in [1.29, 1.82) is 0 Å². The number of amides is 1. The maximum Gasteiger partial charge on any atom is 0.277 e. The van der Waals surface area contributed by atoms with Crippen molar-refractivity contribution in [2.75, 3.05) is 6.61 Å². The van der Waals surface area contributed by atoms with E-state index in [0.29, 0.717) is 21.4 Å². The van der Waals surface area contributed by atoms with E-state index in [4.69, 9.17) is 27.9 Å². The highest BCUT2D eigenvalue weighted by molar-refractivity contribution is 6.43. The monoisotopic (exact) mass is 398 g/mol. The second kappa shape index (κ2) is 9.21. The Morgan fingerprint density at radius 2 is 1.63 bits per heavy atom.